The van der Waals surface area contributed by atoms with Crippen LogP contribution in [-0.2, 0) is 4.74 Å². The SMILES string of the molecule is COC(=O)c1[nH]c2cc(OC)ccc2c(=O)c1Br. The summed E-state index contributed by atoms with van der Waals surface area (Å²) < 4.78 is 9.84. The second kappa shape index (κ2) is 4.81. The number of nitrogens with one attached hydrogen (secondary N) is 1. The number of carbonyl (C=O) groups excluding carboxylic acids is 1. The molecule has 5 nitrogen and oxygen atoms in total. The van der Waals surface area contributed by atoms with Crippen molar-refractivity contribution >= 4 is 32.8 Å². The standard InChI is InChI=1S/C12H10BrNO4/c1-17-6-3-4-7-8(5-6)14-10(12(16)18-2)9(13)11(7)15/h3-5H,1-2H3,(H,14,15). The third-order valence-electron chi connectivity index (χ3n) is 2.54. The molecule has 0 bridgehead atoms. The number of ether oxygens (including phenoxy) is 2. The Balaban J connectivity index is 2.80. The van der Waals surface area contributed by atoms with Gasteiger partial charge in [-0.1, -0.05) is 0 Å². The molecular formula is C12H10BrNO4. The summed E-state index contributed by atoms with van der Waals surface area (Å²) in [6.45, 7) is 0. The number of hydrogen-bond donors (Lipinski definition) is 1. The highest BCUT2D eigenvalue weighted by Crippen LogP contribution is 2.21. The number of fused-ring (bicyclic) bond motifs is 1. The van der Waals surface area contributed by atoms with Crippen molar-refractivity contribution in [2.75, 3.05) is 14.2 Å². The fourth-order valence-electron chi connectivity index (χ4n) is 1.62. The summed E-state index contributed by atoms with van der Waals surface area (Å²) in [5, 5.41) is 0.468. The van der Waals surface area contributed by atoms with Gasteiger partial charge in [-0.15, -0.1) is 0 Å². The summed E-state index contributed by atoms with van der Waals surface area (Å²) in [7, 11) is 2.78. The number of carbonyl (C=O) groups is 1. The summed E-state index contributed by atoms with van der Waals surface area (Å²) in [5.41, 5.74) is 0.331. The van der Waals surface area contributed by atoms with Crippen LogP contribution in [0.1, 0.15) is 10.5 Å². The van der Waals surface area contributed by atoms with E-state index in [2.05, 4.69) is 25.7 Å². The predicted molar refractivity (Wildman–Crippen MR) is 70.2 cm³/mol. The Labute approximate surface area is 111 Å². The third-order valence-corrected chi connectivity index (χ3v) is 3.30. The van der Waals surface area contributed by atoms with Crippen molar-refractivity contribution in [3.05, 3.63) is 38.6 Å². The molecule has 6 heteroatoms. The zero-order valence-corrected chi connectivity index (χ0v) is 11.3. The molecule has 0 spiro atoms. The van der Waals surface area contributed by atoms with Crippen molar-refractivity contribution in [3.63, 3.8) is 0 Å². The van der Waals surface area contributed by atoms with Crippen molar-refractivity contribution in [3.8, 4) is 5.75 Å². The van der Waals surface area contributed by atoms with E-state index in [9.17, 15) is 9.59 Å². The molecule has 2 aromatic rings. The average Bonchev–Trinajstić information content (AvgIpc) is 2.41. The maximum atomic E-state index is 12.1. The number of benzene rings is 1. The van der Waals surface area contributed by atoms with Crippen LogP contribution in [0.5, 0.6) is 5.75 Å². The monoisotopic (exact) mass is 311 g/mol. The normalized spacial score (nSPS) is 10.4. The molecule has 0 radical (unpaired) electrons. The van der Waals surface area contributed by atoms with E-state index in [-0.39, 0.29) is 15.6 Å². The summed E-state index contributed by atoms with van der Waals surface area (Å²) >= 11 is 3.10. The molecule has 2 rings (SSSR count). The van der Waals surface area contributed by atoms with Gasteiger partial charge in [-0.3, -0.25) is 4.79 Å². The smallest absolute Gasteiger partial charge is 0.355 e. The number of hydrogen-bond acceptors (Lipinski definition) is 4. The first kappa shape index (κ1) is 12.6. The number of rotatable bonds is 2. The van der Waals surface area contributed by atoms with Gasteiger partial charge in [-0.2, -0.15) is 0 Å². The van der Waals surface area contributed by atoms with Crippen LogP contribution < -0.4 is 10.2 Å². The molecule has 0 fully saturated rings. The summed E-state index contributed by atoms with van der Waals surface area (Å²) in [6.07, 6.45) is 0. The molecule has 0 atom stereocenters. The van der Waals surface area contributed by atoms with E-state index in [4.69, 9.17) is 4.74 Å². The molecule has 94 valence electrons. The number of esters is 1. The quantitative estimate of drug-likeness (QED) is 0.862. The second-order valence-electron chi connectivity index (χ2n) is 3.55. The Bertz CT molecular complexity index is 678. The number of H-pyrrole nitrogens is 1. The molecule has 1 aromatic carbocycles. The predicted octanol–water partition coefficient (Wildman–Crippen LogP) is 2.09. The molecule has 0 saturated carbocycles. The highest BCUT2D eigenvalue weighted by atomic mass is 79.9. The Morgan fingerprint density at radius 1 is 1.33 bits per heavy atom. The largest absolute Gasteiger partial charge is 0.497 e. The summed E-state index contributed by atoms with van der Waals surface area (Å²) in [4.78, 5) is 26.4. The van der Waals surface area contributed by atoms with E-state index < -0.39 is 5.97 Å². The number of halogens is 1. The highest BCUT2D eigenvalue weighted by Gasteiger charge is 2.16. The van der Waals surface area contributed by atoms with Crippen LogP contribution in [-0.4, -0.2) is 25.2 Å². The van der Waals surface area contributed by atoms with Gasteiger partial charge in [0.05, 0.1) is 24.2 Å². The van der Waals surface area contributed by atoms with Crippen molar-refractivity contribution in [1.29, 1.82) is 0 Å². The van der Waals surface area contributed by atoms with Gasteiger partial charge >= 0.3 is 5.97 Å². The van der Waals surface area contributed by atoms with Crippen LogP contribution >= 0.6 is 15.9 Å². The molecule has 0 amide bonds. The topological polar surface area (TPSA) is 68.4 Å². The Morgan fingerprint density at radius 2 is 2.06 bits per heavy atom. The minimum atomic E-state index is -0.608. The minimum absolute atomic E-state index is 0.0863. The van der Waals surface area contributed by atoms with E-state index in [1.165, 1.54) is 14.2 Å². The molecule has 1 N–H and O–H groups in total. The molecule has 0 saturated heterocycles. The van der Waals surface area contributed by atoms with E-state index in [1.807, 2.05) is 0 Å². The fourth-order valence-corrected chi connectivity index (χ4v) is 2.09. The van der Waals surface area contributed by atoms with E-state index in [0.29, 0.717) is 16.7 Å². The van der Waals surface area contributed by atoms with Crippen LogP contribution in [0.3, 0.4) is 0 Å². The number of methoxy groups -OCH3 is 2. The lowest BCUT2D eigenvalue weighted by atomic mass is 10.2. The van der Waals surface area contributed by atoms with Crippen molar-refractivity contribution in [2.45, 2.75) is 0 Å². The molecule has 1 heterocycles. The lowest BCUT2D eigenvalue weighted by molar-refractivity contribution is 0.0593. The van der Waals surface area contributed by atoms with Crippen LogP contribution in [0.2, 0.25) is 0 Å². The summed E-state index contributed by atoms with van der Waals surface area (Å²) in [6, 6.07) is 4.97. The van der Waals surface area contributed by atoms with E-state index >= 15 is 0 Å². The third kappa shape index (κ3) is 1.99. The van der Waals surface area contributed by atoms with Gasteiger partial charge in [-0.05, 0) is 28.1 Å². The van der Waals surface area contributed by atoms with Gasteiger partial charge < -0.3 is 14.5 Å². The van der Waals surface area contributed by atoms with Gasteiger partial charge in [-0.25, -0.2) is 4.79 Å². The van der Waals surface area contributed by atoms with Gasteiger partial charge in [0.1, 0.15) is 11.4 Å². The maximum absolute atomic E-state index is 12.1. The molecular weight excluding hydrogens is 302 g/mol. The number of aromatic nitrogens is 1. The average molecular weight is 312 g/mol. The molecule has 18 heavy (non-hydrogen) atoms. The maximum Gasteiger partial charge on any atom is 0.355 e. The first-order chi connectivity index (χ1) is 8.58. The zero-order chi connectivity index (χ0) is 13.3. The Hall–Kier alpha value is -1.82. The summed E-state index contributed by atoms with van der Waals surface area (Å²) in [5.74, 6) is -0.0139. The number of pyridine rings is 1. The first-order valence-corrected chi connectivity index (χ1v) is 5.85. The highest BCUT2D eigenvalue weighted by molar-refractivity contribution is 9.10. The molecule has 0 aliphatic rings. The zero-order valence-electron chi connectivity index (χ0n) is 9.74. The van der Waals surface area contributed by atoms with Crippen LogP contribution in [0.15, 0.2) is 27.5 Å². The fraction of sp³-hybridized carbons (Fsp3) is 0.167. The van der Waals surface area contributed by atoms with Crippen LogP contribution in [0.4, 0.5) is 0 Å². The first-order valence-electron chi connectivity index (χ1n) is 5.06. The van der Waals surface area contributed by atoms with E-state index in [1.54, 1.807) is 18.2 Å². The lowest BCUT2D eigenvalue weighted by Crippen LogP contribution is -2.14. The minimum Gasteiger partial charge on any atom is -0.497 e. The van der Waals surface area contributed by atoms with Gasteiger partial charge in [0, 0.05) is 11.5 Å². The second-order valence-corrected chi connectivity index (χ2v) is 4.34. The molecule has 0 aliphatic heterocycles. The Kier molecular flexibility index (Phi) is 3.38. The Morgan fingerprint density at radius 3 is 2.67 bits per heavy atom. The van der Waals surface area contributed by atoms with Crippen molar-refractivity contribution in [2.24, 2.45) is 0 Å². The molecule has 1 aromatic heterocycles. The van der Waals surface area contributed by atoms with Crippen LogP contribution in [0, 0.1) is 0 Å². The molecule has 0 aliphatic carbocycles. The van der Waals surface area contributed by atoms with Crippen molar-refractivity contribution < 1.29 is 14.3 Å². The van der Waals surface area contributed by atoms with E-state index in [0.717, 1.165) is 0 Å². The van der Waals surface area contributed by atoms with Crippen molar-refractivity contribution in [1.82, 2.24) is 4.98 Å². The lowest BCUT2D eigenvalue weighted by Gasteiger charge is -2.06. The van der Waals surface area contributed by atoms with Gasteiger partial charge in [0.25, 0.3) is 0 Å². The molecule has 0 unspecified atom stereocenters. The number of aromatic amines is 1. The van der Waals surface area contributed by atoms with Crippen LogP contribution in [0.25, 0.3) is 10.9 Å². The van der Waals surface area contributed by atoms with Gasteiger partial charge in [0.15, 0.2) is 0 Å². The van der Waals surface area contributed by atoms with Gasteiger partial charge in [0.2, 0.25) is 5.43 Å².